The number of fused-ring (bicyclic) bond motifs is 1. The van der Waals surface area contributed by atoms with E-state index in [0.29, 0.717) is 58.5 Å². The third kappa shape index (κ3) is 5.83. The smallest absolute Gasteiger partial charge is 0.303 e. The molecular formula is C30H29FN4O4. The predicted octanol–water partition coefficient (Wildman–Crippen LogP) is 4.59. The van der Waals surface area contributed by atoms with Gasteiger partial charge in [-0.1, -0.05) is 18.2 Å². The molecule has 1 saturated heterocycles. The van der Waals surface area contributed by atoms with Crippen LogP contribution in [0.2, 0.25) is 0 Å². The molecule has 200 valence electrons. The number of H-pyrrole nitrogens is 1. The van der Waals surface area contributed by atoms with E-state index in [9.17, 15) is 19.1 Å². The lowest BCUT2D eigenvalue weighted by Crippen LogP contribution is -2.47. The van der Waals surface area contributed by atoms with Gasteiger partial charge in [0.1, 0.15) is 5.82 Å². The second-order valence-corrected chi connectivity index (χ2v) is 9.74. The highest BCUT2D eigenvalue weighted by Crippen LogP contribution is 2.32. The van der Waals surface area contributed by atoms with Crippen molar-refractivity contribution in [1.82, 2.24) is 14.8 Å². The monoisotopic (exact) mass is 528 g/mol. The van der Waals surface area contributed by atoms with Crippen LogP contribution in [0.25, 0.3) is 10.9 Å². The Morgan fingerprint density at radius 3 is 2.44 bits per heavy atom. The Labute approximate surface area is 225 Å². The number of carboxylic acids is 1. The maximum atomic E-state index is 13.9. The molecule has 39 heavy (non-hydrogen) atoms. The van der Waals surface area contributed by atoms with Gasteiger partial charge in [0.05, 0.1) is 22.5 Å². The lowest BCUT2D eigenvalue weighted by atomic mass is 9.97. The molecule has 0 unspecified atom stereocenters. The Hall–Kier alpha value is -4.50. The lowest BCUT2D eigenvalue weighted by molar-refractivity contribution is -0.136. The van der Waals surface area contributed by atoms with Gasteiger partial charge < -0.3 is 25.0 Å². The van der Waals surface area contributed by atoms with Crippen LogP contribution < -0.4 is 0 Å². The van der Waals surface area contributed by atoms with Crippen molar-refractivity contribution < 1.29 is 24.2 Å². The molecule has 0 atom stereocenters. The first-order valence-corrected chi connectivity index (χ1v) is 12.8. The maximum Gasteiger partial charge on any atom is 0.303 e. The number of piperazine rings is 1. The number of aliphatic imine (C=N–C) groups is 1. The number of likely N-dealkylation sites (N-methyl/N-ethyl adjacent to an activating group) is 1. The summed E-state index contributed by atoms with van der Waals surface area (Å²) in [7, 11) is 2.04. The first-order valence-electron chi connectivity index (χ1n) is 12.8. The standard InChI is InChI=1S/C30H29FN4O4/c1-34-13-15-35(16-14-34)30(39)20-6-9-23(10-7-20)32-28(21-4-2-3-19(17-21)5-12-26(36)37)27-24-11-8-22(31)18-25(24)33-29(27)38/h2-4,6-11,17-18,33,38H,5,12-16H2,1H3,(H,36,37). The average molecular weight is 529 g/mol. The predicted molar refractivity (Wildman–Crippen MR) is 147 cm³/mol. The molecule has 2 heterocycles. The van der Waals surface area contributed by atoms with E-state index in [1.54, 1.807) is 30.3 Å². The second-order valence-electron chi connectivity index (χ2n) is 9.74. The summed E-state index contributed by atoms with van der Waals surface area (Å²) in [6.45, 7) is 3.03. The molecule has 5 rings (SSSR count). The zero-order chi connectivity index (χ0) is 27.5. The van der Waals surface area contributed by atoms with Gasteiger partial charge in [-0.15, -0.1) is 0 Å². The van der Waals surface area contributed by atoms with Crippen LogP contribution in [-0.4, -0.2) is 75.8 Å². The lowest BCUT2D eigenvalue weighted by Gasteiger charge is -2.32. The molecule has 8 nitrogen and oxygen atoms in total. The minimum absolute atomic E-state index is 0.0175. The second kappa shape index (κ2) is 11.1. The van der Waals surface area contributed by atoms with E-state index in [0.717, 1.165) is 18.7 Å². The topological polar surface area (TPSA) is 109 Å². The average Bonchev–Trinajstić information content (AvgIpc) is 3.25. The Kier molecular flexibility index (Phi) is 7.42. The Bertz CT molecular complexity index is 1550. The number of aryl methyl sites for hydroxylation is 1. The number of nitrogens with one attached hydrogen (secondary N) is 1. The Morgan fingerprint density at radius 2 is 1.72 bits per heavy atom. The molecular weight excluding hydrogens is 499 g/mol. The quantitative estimate of drug-likeness (QED) is 0.304. The van der Waals surface area contributed by atoms with Gasteiger partial charge in [-0.3, -0.25) is 9.59 Å². The van der Waals surface area contributed by atoms with Crippen LogP contribution in [0.15, 0.2) is 71.7 Å². The van der Waals surface area contributed by atoms with Crippen LogP contribution >= 0.6 is 0 Å². The largest absolute Gasteiger partial charge is 0.494 e. The van der Waals surface area contributed by atoms with Gasteiger partial charge >= 0.3 is 5.97 Å². The van der Waals surface area contributed by atoms with Gasteiger partial charge in [0, 0.05) is 49.1 Å². The molecule has 0 bridgehead atoms. The molecule has 3 aromatic carbocycles. The molecule has 0 radical (unpaired) electrons. The molecule has 3 N–H and O–H groups in total. The van der Waals surface area contributed by atoms with Gasteiger partial charge in [0.25, 0.3) is 5.91 Å². The summed E-state index contributed by atoms with van der Waals surface area (Å²) in [6, 6.07) is 18.5. The molecule has 1 fully saturated rings. The minimum atomic E-state index is -0.892. The molecule has 0 aliphatic carbocycles. The number of nitrogens with zero attached hydrogens (tertiary/aromatic N) is 3. The number of aromatic hydroxyl groups is 1. The molecule has 1 aromatic heterocycles. The number of benzene rings is 3. The fraction of sp³-hybridized carbons (Fsp3) is 0.233. The number of carbonyl (C=O) groups is 2. The van der Waals surface area contributed by atoms with Crippen LogP contribution in [0.4, 0.5) is 10.1 Å². The van der Waals surface area contributed by atoms with E-state index >= 15 is 0 Å². The van der Waals surface area contributed by atoms with Crippen molar-refractivity contribution in [2.24, 2.45) is 4.99 Å². The van der Waals surface area contributed by atoms with Crippen LogP contribution in [0.5, 0.6) is 5.88 Å². The number of aliphatic carboxylic acids is 1. The number of carbonyl (C=O) groups excluding carboxylic acids is 1. The number of halogens is 1. The highest BCUT2D eigenvalue weighted by molar-refractivity contribution is 6.22. The van der Waals surface area contributed by atoms with Crippen molar-refractivity contribution >= 4 is 34.2 Å². The van der Waals surface area contributed by atoms with Crippen molar-refractivity contribution in [2.75, 3.05) is 33.2 Å². The van der Waals surface area contributed by atoms with Gasteiger partial charge in [-0.25, -0.2) is 9.38 Å². The minimum Gasteiger partial charge on any atom is -0.494 e. The van der Waals surface area contributed by atoms with Gasteiger partial charge in [-0.2, -0.15) is 0 Å². The number of aromatic nitrogens is 1. The molecule has 1 aliphatic heterocycles. The van der Waals surface area contributed by atoms with Crippen LogP contribution in [0, 0.1) is 5.82 Å². The van der Waals surface area contributed by atoms with E-state index in [1.165, 1.54) is 12.1 Å². The van der Waals surface area contributed by atoms with Crippen LogP contribution in [0.1, 0.15) is 33.5 Å². The summed E-state index contributed by atoms with van der Waals surface area (Å²) in [5, 5.41) is 20.6. The number of rotatable bonds is 7. The van der Waals surface area contributed by atoms with Crippen molar-refractivity contribution in [3.63, 3.8) is 0 Å². The number of amides is 1. The van der Waals surface area contributed by atoms with Gasteiger partial charge in [0.15, 0.2) is 5.88 Å². The van der Waals surface area contributed by atoms with Crippen LogP contribution in [0.3, 0.4) is 0 Å². The summed E-state index contributed by atoms with van der Waals surface area (Å²) < 4.78 is 13.9. The van der Waals surface area contributed by atoms with E-state index in [4.69, 9.17) is 10.1 Å². The maximum absolute atomic E-state index is 13.9. The Morgan fingerprint density at radius 1 is 0.974 bits per heavy atom. The highest BCUT2D eigenvalue weighted by atomic mass is 19.1. The van der Waals surface area contributed by atoms with Crippen molar-refractivity contribution in [3.05, 3.63) is 94.8 Å². The SMILES string of the molecule is CN1CCN(C(=O)c2ccc(N=C(c3cccc(CCC(=O)O)c3)c3c(O)[nH]c4cc(F)ccc34)cc2)CC1. The van der Waals surface area contributed by atoms with Crippen molar-refractivity contribution in [3.8, 4) is 5.88 Å². The number of aromatic amines is 1. The van der Waals surface area contributed by atoms with E-state index in [2.05, 4.69) is 9.88 Å². The van der Waals surface area contributed by atoms with Gasteiger partial charge in [0.2, 0.25) is 0 Å². The van der Waals surface area contributed by atoms with E-state index in [-0.39, 0.29) is 18.2 Å². The third-order valence-electron chi connectivity index (χ3n) is 6.95. The fourth-order valence-electron chi connectivity index (χ4n) is 4.79. The molecule has 1 aliphatic rings. The molecule has 0 spiro atoms. The summed E-state index contributed by atoms with van der Waals surface area (Å²) in [4.78, 5) is 35.8. The number of carboxylic acid groups (broad SMARTS) is 1. The third-order valence-corrected chi connectivity index (χ3v) is 6.95. The summed E-state index contributed by atoms with van der Waals surface area (Å²) in [6.07, 6.45) is 0.320. The summed E-state index contributed by atoms with van der Waals surface area (Å²) >= 11 is 0. The first kappa shape index (κ1) is 26.1. The van der Waals surface area contributed by atoms with Crippen LogP contribution in [-0.2, 0) is 11.2 Å². The summed E-state index contributed by atoms with van der Waals surface area (Å²) in [5.41, 5.74) is 3.86. The van der Waals surface area contributed by atoms with E-state index < -0.39 is 11.8 Å². The number of hydrogen-bond donors (Lipinski definition) is 3. The molecule has 9 heteroatoms. The van der Waals surface area contributed by atoms with E-state index in [1.807, 2.05) is 36.2 Å². The highest BCUT2D eigenvalue weighted by Gasteiger charge is 2.22. The Balaban J connectivity index is 1.54. The van der Waals surface area contributed by atoms with Gasteiger partial charge in [-0.05, 0) is 67.6 Å². The zero-order valence-electron chi connectivity index (χ0n) is 21.5. The van der Waals surface area contributed by atoms with Crippen molar-refractivity contribution in [1.29, 1.82) is 0 Å². The number of hydrogen-bond acceptors (Lipinski definition) is 5. The first-order chi connectivity index (χ1) is 18.8. The molecule has 4 aromatic rings. The zero-order valence-corrected chi connectivity index (χ0v) is 21.5. The molecule has 0 saturated carbocycles. The van der Waals surface area contributed by atoms with Crippen molar-refractivity contribution in [2.45, 2.75) is 12.8 Å². The molecule has 1 amide bonds. The fourth-order valence-corrected chi connectivity index (χ4v) is 4.79. The normalized spacial score (nSPS) is 14.6. The summed E-state index contributed by atoms with van der Waals surface area (Å²) in [5.74, 6) is -1.52.